The van der Waals surface area contributed by atoms with Gasteiger partial charge in [0.05, 0.1) is 5.92 Å². The number of hydrogen-bond acceptors (Lipinski definition) is 6. The third-order valence-corrected chi connectivity index (χ3v) is 8.35. The van der Waals surface area contributed by atoms with Crippen LogP contribution in [0.4, 0.5) is 0 Å². The summed E-state index contributed by atoms with van der Waals surface area (Å²) in [6, 6.07) is 13.7. The van der Waals surface area contributed by atoms with E-state index in [2.05, 4.69) is 36.5 Å². The summed E-state index contributed by atoms with van der Waals surface area (Å²) in [5, 5.41) is 5.49. The number of carbonyl (C=O) groups excluding carboxylic acids is 3. The minimum absolute atomic E-state index is 0.113. The second-order valence-electron chi connectivity index (χ2n) is 11.2. The highest BCUT2D eigenvalue weighted by atomic mass is 32.2. The van der Waals surface area contributed by atoms with Crippen molar-refractivity contribution in [2.45, 2.75) is 103 Å². The molecule has 1 aliphatic rings. The average Bonchev–Trinajstić information content (AvgIpc) is 3.29. The van der Waals surface area contributed by atoms with Gasteiger partial charge in [-0.15, -0.1) is 0 Å². The molecule has 0 bridgehead atoms. The van der Waals surface area contributed by atoms with Gasteiger partial charge in [-0.2, -0.15) is 11.8 Å². The van der Waals surface area contributed by atoms with E-state index in [0.29, 0.717) is 18.6 Å². The maximum atomic E-state index is 13.8. The van der Waals surface area contributed by atoms with Crippen molar-refractivity contribution in [3.8, 4) is 0 Å². The first kappa shape index (κ1) is 30.0. The quantitative estimate of drug-likeness (QED) is 0.321. The molecule has 0 aromatic heterocycles. The van der Waals surface area contributed by atoms with Crippen LogP contribution in [0.25, 0.3) is 10.8 Å². The van der Waals surface area contributed by atoms with Gasteiger partial charge in [-0.3, -0.25) is 9.59 Å². The summed E-state index contributed by atoms with van der Waals surface area (Å²) in [5.41, 5.74) is 0.479. The molecule has 0 aliphatic heterocycles. The monoisotopic (exact) mass is 541 g/mol. The van der Waals surface area contributed by atoms with Crippen LogP contribution in [0.2, 0.25) is 0 Å². The lowest BCUT2D eigenvalue weighted by Crippen LogP contribution is -2.47. The molecule has 0 heterocycles. The van der Waals surface area contributed by atoms with E-state index in [1.807, 2.05) is 39.0 Å². The summed E-state index contributed by atoms with van der Waals surface area (Å²) < 4.78 is 11.2. The fraction of sp³-hybridized carbons (Fsp3) is 0.581. The summed E-state index contributed by atoms with van der Waals surface area (Å²) in [5.74, 6) is -0.563. The SMILES string of the molecule is CCCC[C@H](NC(=O)[C@@H](CSC1CCCC1OC(C)=O)Cc1cccc2ccccc12)C(=O)OC(C)(C)C. The van der Waals surface area contributed by atoms with Gasteiger partial charge < -0.3 is 14.8 Å². The number of benzene rings is 2. The van der Waals surface area contributed by atoms with Gasteiger partial charge in [0, 0.05) is 17.9 Å². The molecule has 1 amide bonds. The lowest BCUT2D eigenvalue weighted by atomic mass is 9.95. The van der Waals surface area contributed by atoms with Crippen LogP contribution in [0, 0.1) is 5.92 Å². The standard InChI is InChI=1S/C31H43NO5S/c1-6-7-16-26(30(35)37-31(3,4)5)32-29(34)24(20-38-28-18-11-17-27(28)36-21(2)33)19-23-14-10-13-22-12-8-9-15-25(22)23/h8-10,12-15,24,26-28H,6-7,11,16-20H2,1-5H3,(H,32,34)/t24-,26+,27?,28?/m1/s1. The highest BCUT2D eigenvalue weighted by Gasteiger charge is 2.33. The lowest BCUT2D eigenvalue weighted by Gasteiger charge is -2.27. The number of fused-ring (bicyclic) bond motifs is 1. The van der Waals surface area contributed by atoms with Crippen LogP contribution in [0.5, 0.6) is 0 Å². The van der Waals surface area contributed by atoms with Crippen molar-refractivity contribution in [3.05, 3.63) is 48.0 Å². The van der Waals surface area contributed by atoms with Gasteiger partial charge >= 0.3 is 11.9 Å². The van der Waals surface area contributed by atoms with Gasteiger partial charge in [-0.25, -0.2) is 4.79 Å². The molecule has 0 spiro atoms. The van der Waals surface area contributed by atoms with Crippen molar-refractivity contribution in [2.24, 2.45) is 5.92 Å². The number of unbranched alkanes of at least 4 members (excludes halogenated alkanes) is 1. The molecule has 208 valence electrons. The minimum atomic E-state index is -0.679. The zero-order valence-electron chi connectivity index (χ0n) is 23.5. The Morgan fingerprint density at radius 2 is 1.82 bits per heavy atom. The summed E-state index contributed by atoms with van der Waals surface area (Å²) >= 11 is 1.70. The third kappa shape index (κ3) is 9.04. The number of hydrogen-bond donors (Lipinski definition) is 1. The first-order valence-corrected chi connectivity index (χ1v) is 14.9. The molecule has 2 aromatic rings. The third-order valence-electron chi connectivity index (χ3n) is 6.79. The Morgan fingerprint density at radius 3 is 2.53 bits per heavy atom. The Labute approximate surface area is 231 Å². The topological polar surface area (TPSA) is 81.7 Å². The molecular formula is C31H43NO5S. The van der Waals surface area contributed by atoms with E-state index in [9.17, 15) is 14.4 Å². The maximum absolute atomic E-state index is 13.8. The molecule has 1 saturated carbocycles. The lowest BCUT2D eigenvalue weighted by molar-refractivity contribution is -0.159. The van der Waals surface area contributed by atoms with Crippen LogP contribution in [-0.4, -0.2) is 46.6 Å². The molecule has 2 aromatic carbocycles. The van der Waals surface area contributed by atoms with E-state index in [4.69, 9.17) is 9.47 Å². The molecule has 0 saturated heterocycles. The molecule has 1 N–H and O–H groups in total. The predicted octanol–water partition coefficient (Wildman–Crippen LogP) is 6.23. The average molecular weight is 542 g/mol. The Hall–Kier alpha value is -2.54. The van der Waals surface area contributed by atoms with Gasteiger partial charge in [0.25, 0.3) is 0 Å². The Morgan fingerprint density at radius 1 is 1.08 bits per heavy atom. The van der Waals surface area contributed by atoms with Crippen LogP contribution in [-0.2, 0) is 30.3 Å². The normalized spacial score (nSPS) is 19.1. The smallest absolute Gasteiger partial charge is 0.329 e. The number of carbonyl (C=O) groups is 3. The molecule has 0 radical (unpaired) electrons. The number of nitrogens with one attached hydrogen (secondary N) is 1. The van der Waals surface area contributed by atoms with Crippen LogP contribution >= 0.6 is 11.8 Å². The molecular weight excluding hydrogens is 498 g/mol. The summed E-state index contributed by atoms with van der Waals surface area (Å²) in [6.45, 7) is 9.03. The van der Waals surface area contributed by atoms with Crippen LogP contribution in [0.15, 0.2) is 42.5 Å². The fourth-order valence-electron chi connectivity index (χ4n) is 4.95. The first-order chi connectivity index (χ1) is 18.1. The van der Waals surface area contributed by atoms with Crippen molar-refractivity contribution in [2.75, 3.05) is 5.75 Å². The van der Waals surface area contributed by atoms with Crippen molar-refractivity contribution in [1.29, 1.82) is 0 Å². The van der Waals surface area contributed by atoms with Gasteiger partial charge in [0.15, 0.2) is 0 Å². The van der Waals surface area contributed by atoms with E-state index in [1.54, 1.807) is 11.8 Å². The molecule has 2 unspecified atom stereocenters. The zero-order valence-corrected chi connectivity index (χ0v) is 24.3. The van der Waals surface area contributed by atoms with Gasteiger partial charge in [0.2, 0.25) is 5.91 Å². The fourth-order valence-corrected chi connectivity index (χ4v) is 6.44. The largest absolute Gasteiger partial charge is 0.461 e. The molecule has 1 aliphatic carbocycles. The zero-order chi connectivity index (χ0) is 27.7. The molecule has 6 nitrogen and oxygen atoms in total. The number of esters is 2. The van der Waals surface area contributed by atoms with E-state index in [1.165, 1.54) is 6.92 Å². The summed E-state index contributed by atoms with van der Waals surface area (Å²) in [4.78, 5) is 38.3. The highest BCUT2D eigenvalue weighted by Crippen LogP contribution is 2.34. The van der Waals surface area contributed by atoms with Gasteiger partial charge in [-0.05, 0) is 69.2 Å². The second kappa shape index (κ2) is 14.0. The maximum Gasteiger partial charge on any atom is 0.329 e. The van der Waals surface area contributed by atoms with Crippen molar-refractivity contribution >= 4 is 40.4 Å². The molecule has 7 heteroatoms. The van der Waals surface area contributed by atoms with Crippen LogP contribution in [0.1, 0.15) is 78.7 Å². The van der Waals surface area contributed by atoms with Crippen LogP contribution < -0.4 is 5.32 Å². The van der Waals surface area contributed by atoms with E-state index >= 15 is 0 Å². The van der Waals surface area contributed by atoms with Gasteiger partial charge in [0.1, 0.15) is 17.7 Å². The molecule has 1 fully saturated rings. The Kier molecular flexibility index (Phi) is 11.1. The Bertz CT molecular complexity index is 1090. The summed E-state index contributed by atoms with van der Waals surface area (Å²) in [6.07, 6.45) is 5.55. The number of ether oxygens (including phenoxy) is 2. The first-order valence-electron chi connectivity index (χ1n) is 13.9. The number of thioether (sulfide) groups is 1. The van der Waals surface area contributed by atoms with Gasteiger partial charge in [-0.1, -0.05) is 62.2 Å². The van der Waals surface area contributed by atoms with Crippen molar-refractivity contribution < 1.29 is 23.9 Å². The number of rotatable bonds is 12. The van der Waals surface area contributed by atoms with E-state index < -0.39 is 11.6 Å². The van der Waals surface area contributed by atoms with E-state index in [-0.39, 0.29) is 35.1 Å². The molecule has 4 atom stereocenters. The van der Waals surface area contributed by atoms with E-state index in [0.717, 1.165) is 48.4 Å². The van der Waals surface area contributed by atoms with Crippen LogP contribution in [0.3, 0.4) is 0 Å². The van der Waals surface area contributed by atoms with Crippen molar-refractivity contribution in [3.63, 3.8) is 0 Å². The van der Waals surface area contributed by atoms with Crippen molar-refractivity contribution in [1.82, 2.24) is 5.32 Å². The Balaban J connectivity index is 1.81. The highest BCUT2D eigenvalue weighted by molar-refractivity contribution is 8.00. The molecule has 38 heavy (non-hydrogen) atoms. The minimum Gasteiger partial charge on any atom is -0.461 e. The molecule has 3 rings (SSSR count). The number of amides is 1. The summed E-state index contributed by atoms with van der Waals surface area (Å²) in [7, 11) is 0. The second-order valence-corrected chi connectivity index (χ2v) is 12.5. The predicted molar refractivity (Wildman–Crippen MR) is 154 cm³/mol.